The molecule has 0 spiro atoms. The lowest BCUT2D eigenvalue weighted by molar-refractivity contribution is 1.27. The van der Waals surface area contributed by atoms with Crippen LogP contribution >= 0.6 is 0 Å². The zero-order chi connectivity index (χ0) is 14.3. The minimum atomic E-state index is 0.680. The van der Waals surface area contributed by atoms with Crippen molar-refractivity contribution in [2.24, 2.45) is 4.99 Å². The monoisotopic (exact) mass is 273 g/mol. The van der Waals surface area contributed by atoms with E-state index in [-0.39, 0.29) is 0 Å². The van der Waals surface area contributed by atoms with Gasteiger partial charge in [-0.2, -0.15) is 0 Å². The van der Waals surface area contributed by atoms with E-state index < -0.39 is 0 Å². The molecule has 2 aromatic carbocycles. The molecule has 3 nitrogen and oxygen atoms in total. The van der Waals surface area contributed by atoms with Crippen molar-refractivity contribution in [3.8, 4) is 0 Å². The quantitative estimate of drug-likeness (QED) is 0.571. The van der Waals surface area contributed by atoms with Gasteiger partial charge in [0.1, 0.15) is 5.84 Å². The third kappa shape index (κ3) is 3.54. The third-order valence-electron chi connectivity index (χ3n) is 2.96. The van der Waals surface area contributed by atoms with Gasteiger partial charge in [0.15, 0.2) is 5.82 Å². The van der Waals surface area contributed by atoms with Gasteiger partial charge in [-0.25, -0.2) is 9.98 Å². The van der Waals surface area contributed by atoms with Crippen LogP contribution in [0.4, 0.5) is 11.5 Å². The first-order valence-corrected chi connectivity index (χ1v) is 6.79. The van der Waals surface area contributed by atoms with Gasteiger partial charge < -0.3 is 5.32 Å². The summed E-state index contributed by atoms with van der Waals surface area (Å²) in [5, 5.41) is 3.35. The lowest BCUT2D eigenvalue weighted by atomic mass is 10.2. The Balaban J connectivity index is 1.97. The van der Waals surface area contributed by atoms with Crippen molar-refractivity contribution >= 4 is 17.3 Å². The Morgan fingerprint density at radius 3 is 2.10 bits per heavy atom. The molecule has 0 bridgehead atoms. The number of hydrogen-bond acceptors (Lipinski definition) is 2. The normalized spacial score (nSPS) is 11.1. The fraction of sp³-hybridized carbons (Fsp3) is 0. The van der Waals surface area contributed by atoms with E-state index in [9.17, 15) is 0 Å². The molecule has 0 aliphatic heterocycles. The van der Waals surface area contributed by atoms with Crippen LogP contribution in [0.3, 0.4) is 0 Å². The molecule has 0 amide bonds. The molecule has 0 saturated carbocycles. The smallest absolute Gasteiger partial charge is 0.154 e. The SMILES string of the molecule is c1ccc(N/C(=N\c2ccccn2)c2ccccc2)cc1. The maximum atomic E-state index is 4.62. The lowest BCUT2D eigenvalue weighted by Gasteiger charge is -2.10. The van der Waals surface area contributed by atoms with Crippen LogP contribution in [-0.4, -0.2) is 10.8 Å². The second kappa shape index (κ2) is 6.48. The number of nitrogens with zero attached hydrogens (tertiary/aromatic N) is 2. The van der Waals surface area contributed by atoms with Crippen LogP contribution in [0.5, 0.6) is 0 Å². The molecule has 0 aliphatic rings. The number of pyridine rings is 1. The lowest BCUT2D eigenvalue weighted by Crippen LogP contribution is -2.13. The molecule has 3 rings (SSSR count). The highest BCUT2D eigenvalue weighted by atomic mass is 15.0. The van der Waals surface area contributed by atoms with Crippen LogP contribution < -0.4 is 5.32 Å². The second-order valence-electron chi connectivity index (χ2n) is 4.51. The van der Waals surface area contributed by atoms with E-state index in [1.807, 2.05) is 78.9 Å². The number of para-hydroxylation sites is 1. The number of aromatic nitrogens is 1. The van der Waals surface area contributed by atoms with Crippen molar-refractivity contribution in [2.75, 3.05) is 5.32 Å². The molecule has 0 radical (unpaired) electrons. The maximum absolute atomic E-state index is 4.62. The average Bonchev–Trinajstić information content (AvgIpc) is 2.57. The first kappa shape index (κ1) is 13.1. The summed E-state index contributed by atoms with van der Waals surface area (Å²) in [6, 6.07) is 25.7. The molecular formula is C18H15N3. The summed E-state index contributed by atoms with van der Waals surface area (Å²) in [5.41, 5.74) is 2.02. The first-order chi connectivity index (χ1) is 10.4. The van der Waals surface area contributed by atoms with Crippen molar-refractivity contribution in [2.45, 2.75) is 0 Å². The van der Waals surface area contributed by atoms with Gasteiger partial charge in [-0.15, -0.1) is 0 Å². The highest BCUT2D eigenvalue weighted by Gasteiger charge is 2.04. The molecule has 0 atom stereocenters. The molecular weight excluding hydrogens is 258 g/mol. The summed E-state index contributed by atoms with van der Waals surface area (Å²) in [5.74, 6) is 1.46. The number of nitrogens with one attached hydrogen (secondary N) is 1. The topological polar surface area (TPSA) is 37.3 Å². The molecule has 1 heterocycles. The molecule has 0 saturated heterocycles. The van der Waals surface area contributed by atoms with Gasteiger partial charge in [-0.05, 0) is 24.3 Å². The molecule has 102 valence electrons. The summed E-state index contributed by atoms with van der Waals surface area (Å²) in [4.78, 5) is 8.88. The summed E-state index contributed by atoms with van der Waals surface area (Å²) in [6.07, 6.45) is 1.74. The Morgan fingerprint density at radius 1 is 0.762 bits per heavy atom. The predicted molar refractivity (Wildman–Crippen MR) is 86.9 cm³/mol. The molecule has 3 heteroatoms. The number of rotatable bonds is 3. The third-order valence-corrected chi connectivity index (χ3v) is 2.96. The summed E-state index contributed by atoms with van der Waals surface area (Å²) >= 11 is 0. The predicted octanol–water partition coefficient (Wildman–Crippen LogP) is 4.27. The van der Waals surface area contributed by atoms with Gasteiger partial charge in [0.25, 0.3) is 0 Å². The van der Waals surface area contributed by atoms with Gasteiger partial charge in [0, 0.05) is 17.4 Å². The van der Waals surface area contributed by atoms with E-state index in [1.54, 1.807) is 6.20 Å². The summed E-state index contributed by atoms with van der Waals surface area (Å²) in [6.45, 7) is 0. The zero-order valence-electron chi connectivity index (χ0n) is 11.5. The summed E-state index contributed by atoms with van der Waals surface area (Å²) in [7, 11) is 0. The Morgan fingerprint density at radius 2 is 1.43 bits per heavy atom. The maximum Gasteiger partial charge on any atom is 0.154 e. The number of anilines is 1. The van der Waals surface area contributed by atoms with Crippen LogP contribution in [0.1, 0.15) is 5.56 Å². The largest absolute Gasteiger partial charge is 0.340 e. The number of hydrogen-bond donors (Lipinski definition) is 1. The summed E-state index contributed by atoms with van der Waals surface area (Å²) < 4.78 is 0. The molecule has 0 aliphatic carbocycles. The minimum absolute atomic E-state index is 0.680. The van der Waals surface area contributed by atoms with Crippen LogP contribution in [-0.2, 0) is 0 Å². The Labute approximate surface area is 124 Å². The van der Waals surface area contributed by atoms with Crippen LogP contribution in [0.15, 0.2) is 90.1 Å². The van der Waals surface area contributed by atoms with Crippen molar-refractivity contribution < 1.29 is 0 Å². The Kier molecular flexibility index (Phi) is 4.03. The fourth-order valence-electron chi connectivity index (χ4n) is 1.95. The number of aliphatic imine (C=N–C) groups is 1. The van der Waals surface area contributed by atoms with Gasteiger partial charge in [-0.3, -0.25) is 0 Å². The number of amidine groups is 1. The molecule has 3 aromatic rings. The van der Waals surface area contributed by atoms with E-state index in [0.717, 1.165) is 17.1 Å². The Hall–Kier alpha value is -2.94. The molecule has 0 unspecified atom stereocenters. The van der Waals surface area contributed by atoms with Crippen molar-refractivity contribution in [3.05, 3.63) is 90.6 Å². The fourth-order valence-corrected chi connectivity index (χ4v) is 1.95. The van der Waals surface area contributed by atoms with Gasteiger partial charge in [0.05, 0.1) is 0 Å². The van der Waals surface area contributed by atoms with Gasteiger partial charge >= 0.3 is 0 Å². The molecule has 1 N–H and O–H groups in total. The Bertz CT molecular complexity index is 707. The second-order valence-corrected chi connectivity index (χ2v) is 4.51. The minimum Gasteiger partial charge on any atom is -0.340 e. The standard InChI is InChI=1S/C18H15N3/c1-3-9-15(10-4-1)18(20-16-11-5-2-6-12-16)21-17-13-7-8-14-19-17/h1-14H,(H,19,20,21). The van der Waals surface area contributed by atoms with E-state index >= 15 is 0 Å². The number of benzene rings is 2. The van der Waals surface area contributed by atoms with Crippen LogP contribution in [0, 0.1) is 0 Å². The van der Waals surface area contributed by atoms with Crippen molar-refractivity contribution in [1.29, 1.82) is 0 Å². The van der Waals surface area contributed by atoms with E-state index in [0.29, 0.717) is 5.82 Å². The molecule has 0 fully saturated rings. The van der Waals surface area contributed by atoms with E-state index in [1.165, 1.54) is 0 Å². The van der Waals surface area contributed by atoms with Crippen LogP contribution in [0.2, 0.25) is 0 Å². The van der Waals surface area contributed by atoms with Crippen molar-refractivity contribution in [1.82, 2.24) is 4.98 Å². The van der Waals surface area contributed by atoms with Gasteiger partial charge in [-0.1, -0.05) is 54.6 Å². The average molecular weight is 273 g/mol. The van der Waals surface area contributed by atoms with Crippen molar-refractivity contribution in [3.63, 3.8) is 0 Å². The van der Waals surface area contributed by atoms with Gasteiger partial charge in [0.2, 0.25) is 0 Å². The van der Waals surface area contributed by atoms with E-state index in [4.69, 9.17) is 0 Å². The highest BCUT2D eigenvalue weighted by molar-refractivity contribution is 6.09. The highest BCUT2D eigenvalue weighted by Crippen LogP contribution is 2.13. The van der Waals surface area contributed by atoms with E-state index in [2.05, 4.69) is 15.3 Å². The first-order valence-electron chi connectivity index (χ1n) is 6.79. The molecule has 21 heavy (non-hydrogen) atoms. The molecule has 1 aromatic heterocycles. The zero-order valence-corrected chi connectivity index (χ0v) is 11.5. The van der Waals surface area contributed by atoms with Crippen LogP contribution in [0.25, 0.3) is 0 Å².